The number of hydrogen-bond acceptors (Lipinski definition) is 8. The largest absolute Gasteiger partial charge is 0.382 e. The molecule has 1 aliphatic carbocycles. The van der Waals surface area contributed by atoms with Gasteiger partial charge in [-0.05, 0) is 31.4 Å². The molecule has 1 fully saturated rings. The molecular formula is C22H26N6O3S2. The number of nitrogens with one attached hydrogen (secondary N) is 3. The van der Waals surface area contributed by atoms with Gasteiger partial charge in [-0.3, -0.25) is 10.1 Å². The third kappa shape index (κ3) is 5.49. The van der Waals surface area contributed by atoms with Crippen molar-refractivity contribution in [1.82, 2.24) is 15.3 Å². The lowest BCUT2D eigenvalue weighted by atomic mass is 9.86. The number of nitrogen functional groups attached to an aromatic ring is 1. The lowest BCUT2D eigenvalue weighted by Gasteiger charge is -2.27. The Morgan fingerprint density at radius 3 is 2.85 bits per heavy atom. The van der Waals surface area contributed by atoms with E-state index in [0.29, 0.717) is 20.8 Å². The summed E-state index contributed by atoms with van der Waals surface area (Å²) in [6.45, 7) is 0. The van der Waals surface area contributed by atoms with E-state index in [1.54, 1.807) is 7.11 Å². The number of thiazole rings is 2. The van der Waals surface area contributed by atoms with E-state index in [4.69, 9.17) is 15.5 Å². The Balaban J connectivity index is 1.47. The van der Waals surface area contributed by atoms with Crippen LogP contribution in [0, 0.1) is 5.92 Å². The number of carbonyl (C=O) groups excluding carboxylic acids is 2. The second-order valence-electron chi connectivity index (χ2n) is 7.77. The van der Waals surface area contributed by atoms with Gasteiger partial charge in [0.1, 0.15) is 15.7 Å². The number of hydrogen-bond donors (Lipinski definition) is 4. The molecule has 0 saturated heterocycles. The zero-order chi connectivity index (χ0) is 23.4. The van der Waals surface area contributed by atoms with E-state index in [2.05, 4.69) is 20.9 Å². The van der Waals surface area contributed by atoms with Crippen molar-refractivity contribution in [3.05, 3.63) is 29.6 Å². The molecule has 0 aliphatic heterocycles. The van der Waals surface area contributed by atoms with E-state index in [1.807, 2.05) is 29.6 Å². The first-order valence-corrected chi connectivity index (χ1v) is 12.3. The number of ether oxygens (including phenoxy) is 1. The lowest BCUT2D eigenvalue weighted by Crippen LogP contribution is -2.30. The molecule has 33 heavy (non-hydrogen) atoms. The number of nitrogens with zero attached hydrogens (tertiary/aromatic N) is 2. The summed E-state index contributed by atoms with van der Waals surface area (Å²) in [6.07, 6.45) is 3.80. The summed E-state index contributed by atoms with van der Waals surface area (Å²) in [6, 6.07) is 7.28. The van der Waals surface area contributed by atoms with Gasteiger partial charge in [0.15, 0.2) is 5.13 Å². The number of carbonyl (C=O) groups is 2. The molecule has 9 nitrogen and oxygen atoms in total. The van der Waals surface area contributed by atoms with Crippen molar-refractivity contribution in [2.24, 2.45) is 5.92 Å². The second kappa shape index (κ2) is 10.3. The Kier molecular flexibility index (Phi) is 7.21. The van der Waals surface area contributed by atoms with E-state index in [0.717, 1.165) is 42.6 Å². The molecule has 1 saturated carbocycles. The molecule has 11 heteroatoms. The number of methoxy groups -OCH3 is 1. The van der Waals surface area contributed by atoms with Crippen molar-refractivity contribution in [1.29, 1.82) is 0 Å². The normalized spacial score (nSPS) is 18.0. The first-order chi connectivity index (χ1) is 16.0. The van der Waals surface area contributed by atoms with Crippen LogP contribution in [0.25, 0.3) is 21.1 Å². The van der Waals surface area contributed by atoms with Crippen molar-refractivity contribution in [2.45, 2.75) is 31.8 Å². The highest BCUT2D eigenvalue weighted by Crippen LogP contribution is 2.38. The van der Waals surface area contributed by atoms with Gasteiger partial charge in [-0.2, -0.15) is 0 Å². The number of urea groups is 1. The first kappa shape index (κ1) is 23.1. The van der Waals surface area contributed by atoms with E-state index in [-0.39, 0.29) is 24.0 Å². The molecule has 5 N–H and O–H groups in total. The molecule has 174 valence electrons. The maximum Gasteiger partial charge on any atom is 0.320 e. The topological polar surface area (TPSA) is 131 Å². The summed E-state index contributed by atoms with van der Waals surface area (Å²) in [5.41, 5.74) is 8.45. The van der Waals surface area contributed by atoms with Crippen LogP contribution in [0.2, 0.25) is 0 Å². The third-order valence-electron chi connectivity index (χ3n) is 5.56. The fourth-order valence-electron chi connectivity index (χ4n) is 3.81. The molecule has 3 amide bonds. The number of amides is 3. The first-order valence-electron chi connectivity index (χ1n) is 10.6. The Bertz CT molecular complexity index is 1140. The van der Waals surface area contributed by atoms with Crippen molar-refractivity contribution in [3.8, 4) is 21.1 Å². The molecule has 2 atom stereocenters. The molecule has 3 aromatic rings. The third-order valence-corrected chi connectivity index (χ3v) is 7.54. The average molecular weight is 487 g/mol. The predicted molar refractivity (Wildman–Crippen MR) is 133 cm³/mol. The van der Waals surface area contributed by atoms with E-state index < -0.39 is 0 Å². The number of aromatic nitrogens is 2. The van der Waals surface area contributed by atoms with Crippen molar-refractivity contribution in [3.63, 3.8) is 0 Å². The zero-order valence-electron chi connectivity index (χ0n) is 18.4. The van der Waals surface area contributed by atoms with Gasteiger partial charge in [-0.15, -0.1) is 11.3 Å². The summed E-state index contributed by atoms with van der Waals surface area (Å²) in [5, 5.41) is 11.2. The molecular weight excluding hydrogens is 460 g/mol. The van der Waals surface area contributed by atoms with Crippen molar-refractivity contribution >= 4 is 51.2 Å². The van der Waals surface area contributed by atoms with E-state index in [9.17, 15) is 9.59 Å². The summed E-state index contributed by atoms with van der Waals surface area (Å²) < 4.78 is 5.45. The van der Waals surface area contributed by atoms with E-state index >= 15 is 0 Å². The minimum absolute atomic E-state index is 0.0291. The van der Waals surface area contributed by atoms with Crippen LogP contribution in [0.4, 0.5) is 21.4 Å². The number of anilines is 3. The Hall–Kier alpha value is -3.02. The summed E-state index contributed by atoms with van der Waals surface area (Å²) in [5.74, 6) is 0.307. The van der Waals surface area contributed by atoms with Gasteiger partial charge >= 0.3 is 6.03 Å². The second-order valence-corrected chi connectivity index (χ2v) is 9.62. The van der Waals surface area contributed by atoms with Crippen LogP contribution >= 0.6 is 22.7 Å². The highest BCUT2D eigenvalue weighted by Gasteiger charge is 2.27. The molecule has 1 aromatic carbocycles. The van der Waals surface area contributed by atoms with Gasteiger partial charge in [-0.1, -0.05) is 29.9 Å². The number of nitrogens with two attached hydrogens (primary N) is 1. The van der Waals surface area contributed by atoms with Crippen LogP contribution in [-0.2, 0) is 9.53 Å². The maximum absolute atomic E-state index is 12.8. The van der Waals surface area contributed by atoms with Crippen LogP contribution < -0.4 is 21.7 Å². The fraction of sp³-hybridized carbons (Fsp3) is 0.364. The van der Waals surface area contributed by atoms with Crippen molar-refractivity contribution < 1.29 is 14.3 Å². The summed E-state index contributed by atoms with van der Waals surface area (Å²) in [4.78, 5) is 33.9. The molecule has 2 heterocycles. The SMILES string of the molecule is CNC(=O)Nc1nc(N)c(-c2nc(-c3cccc(NC(=O)C4CCCC(OC)C4)c3)cs2)s1. The Morgan fingerprint density at radius 2 is 2.06 bits per heavy atom. The molecule has 0 spiro atoms. The highest BCUT2D eigenvalue weighted by molar-refractivity contribution is 7.23. The summed E-state index contributed by atoms with van der Waals surface area (Å²) >= 11 is 2.71. The molecule has 2 aromatic heterocycles. The van der Waals surface area contributed by atoms with Crippen LogP contribution in [0.1, 0.15) is 25.7 Å². The monoisotopic (exact) mass is 486 g/mol. The quantitative estimate of drug-likeness (QED) is 0.408. The van der Waals surface area contributed by atoms with Crippen LogP contribution in [0.15, 0.2) is 29.6 Å². The van der Waals surface area contributed by atoms with Gasteiger partial charge in [0.05, 0.1) is 11.8 Å². The smallest absolute Gasteiger partial charge is 0.320 e. The minimum Gasteiger partial charge on any atom is -0.382 e. The molecule has 1 aliphatic rings. The maximum atomic E-state index is 12.8. The van der Waals surface area contributed by atoms with Gasteiger partial charge in [0.2, 0.25) is 5.91 Å². The number of benzene rings is 1. The lowest BCUT2D eigenvalue weighted by molar-refractivity contribution is -0.122. The van der Waals surface area contributed by atoms with Gasteiger partial charge in [0, 0.05) is 36.7 Å². The van der Waals surface area contributed by atoms with Gasteiger partial charge in [0.25, 0.3) is 0 Å². The molecule has 0 bridgehead atoms. The highest BCUT2D eigenvalue weighted by atomic mass is 32.1. The van der Waals surface area contributed by atoms with Crippen LogP contribution in [0.3, 0.4) is 0 Å². The minimum atomic E-state index is -0.361. The van der Waals surface area contributed by atoms with Gasteiger partial charge < -0.3 is 21.1 Å². The van der Waals surface area contributed by atoms with Gasteiger partial charge in [-0.25, -0.2) is 14.8 Å². The number of rotatable bonds is 6. The van der Waals surface area contributed by atoms with Crippen LogP contribution in [-0.4, -0.2) is 42.2 Å². The molecule has 4 rings (SSSR count). The Labute approximate surface area is 199 Å². The zero-order valence-corrected chi connectivity index (χ0v) is 20.0. The standard InChI is InChI=1S/C22H26N6O3S2/c1-24-21(30)28-22-27-18(23)17(33-22)20-26-16(11-32-20)12-5-3-7-14(9-12)25-19(29)13-6-4-8-15(10-13)31-2/h3,5,7,9,11,13,15H,4,6,8,10,23H2,1-2H3,(H,25,29)(H2,24,27,28,30). The van der Waals surface area contributed by atoms with E-state index in [1.165, 1.54) is 29.7 Å². The van der Waals surface area contributed by atoms with Crippen LogP contribution in [0.5, 0.6) is 0 Å². The summed E-state index contributed by atoms with van der Waals surface area (Å²) in [7, 11) is 3.23. The molecule has 0 radical (unpaired) electrons. The Morgan fingerprint density at radius 1 is 1.21 bits per heavy atom. The van der Waals surface area contributed by atoms with Crippen molar-refractivity contribution in [2.75, 3.05) is 30.5 Å². The fourth-order valence-corrected chi connectivity index (χ4v) is 5.61. The predicted octanol–water partition coefficient (Wildman–Crippen LogP) is 4.41. The average Bonchev–Trinajstić information content (AvgIpc) is 3.45. The molecule has 2 unspecified atom stereocenters.